The van der Waals surface area contributed by atoms with Gasteiger partial charge in [-0.15, -0.1) is 12.3 Å². The molecular weight excluding hydrogens is 464 g/mol. The van der Waals surface area contributed by atoms with Crippen LogP contribution in [0.5, 0.6) is 0 Å². The van der Waals surface area contributed by atoms with Crippen LogP contribution in [0, 0.1) is 12.3 Å². The van der Waals surface area contributed by atoms with E-state index in [-0.39, 0.29) is 0 Å². The molecule has 0 amide bonds. The molecule has 11 nitrogen and oxygen atoms in total. The van der Waals surface area contributed by atoms with Gasteiger partial charge in [0.2, 0.25) is 23.1 Å². The van der Waals surface area contributed by atoms with Crippen molar-refractivity contribution in [2.24, 2.45) is 0 Å². The number of fused-ring (bicyclic) bond motifs is 2. The van der Waals surface area contributed by atoms with Gasteiger partial charge in [0.15, 0.2) is 0 Å². The third-order valence-corrected chi connectivity index (χ3v) is 5.14. The van der Waals surface area contributed by atoms with Gasteiger partial charge in [0, 0.05) is 0 Å². The molecule has 4 unspecified atom stereocenters. The van der Waals surface area contributed by atoms with Crippen LogP contribution in [0.2, 0.25) is 0 Å². The van der Waals surface area contributed by atoms with Gasteiger partial charge in [0.05, 0.1) is 6.42 Å². The van der Waals surface area contributed by atoms with Crippen molar-refractivity contribution in [3.05, 3.63) is 0 Å². The molecular formula is C24H36O11. The summed E-state index contributed by atoms with van der Waals surface area (Å²) in [5.74, 6) is -4.45. The van der Waals surface area contributed by atoms with Crippen molar-refractivity contribution >= 4 is 17.9 Å². The van der Waals surface area contributed by atoms with Gasteiger partial charge in [-0.05, 0) is 62.3 Å². The molecule has 198 valence electrons. The first kappa shape index (κ1) is 29.0. The van der Waals surface area contributed by atoms with E-state index in [2.05, 4.69) is 5.92 Å². The summed E-state index contributed by atoms with van der Waals surface area (Å²) in [6.45, 7) is 13.5. The van der Waals surface area contributed by atoms with Gasteiger partial charge in [-0.25, -0.2) is 14.4 Å². The van der Waals surface area contributed by atoms with Crippen molar-refractivity contribution in [2.45, 2.75) is 121 Å². The highest BCUT2D eigenvalue weighted by Gasteiger charge is 2.85. The molecule has 0 aliphatic carbocycles. The summed E-state index contributed by atoms with van der Waals surface area (Å²) in [6.07, 6.45) is -1.87. The number of aliphatic hydroxyl groups excluding tert-OH is 2. The number of carbonyl (C=O) groups is 3. The first-order valence-electron chi connectivity index (χ1n) is 11.2. The smallest absolute Gasteiger partial charge is 0.346 e. The zero-order valence-electron chi connectivity index (χ0n) is 21.6. The summed E-state index contributed by atoms with van der Waals surface area (Å²) in [7, 11) is 0. The van der Waals surface area contributed by atoms with Crippen molar-refractivity contribution in [1.82, 2.24) is 0 Å². The fourth-order valence-corrected chi connectivity index (χ4v) is 3.92. The molecule has 6 atom stereocenters. The van der Waals surface area contributed by atoms with Gasteiger partial charge >= 0.3 is 17.9 Å². The Bertz CT molecular complexity index is 916. The van der Waals surface area contributed by atoms with Crippen molar-refractivity contribution in [3.8, 4) is 12.3 Å². The van der Waals surface area contributed by atoms with E-state index < -0.39 is 76.4 Å². The molecule has 0 saturated carbocycles. The summed E-state index contributed by atoms with van der Waals surface area (Å²) in [4.78, 5) is 40.4. The van der Waals surface area contributed by atoms with Gasteiger partial charge < -0.3 is 39.0 Å². The second-order valence-corrected chi connectivity index (χ2v) is 11.7. The molecule has 0 aromatic rings. The van der Waals surface area contributed by atoms with Gasteiger partial charge in [0.1, 0.15) is 29.0 Å². The average Bonchev–Trinajstić information content (AvgIpc) is 2.82. The predicted molar refractivity (Wildman–Crippen MR) is 119 cm³/mol. The highest BCUT2D eigenvalue weighted by Crippen LogP contribution is 2.55. The molecule has 0 aromatic carbocycles. The van der Waals surface area contributed by atoms with Gasteiger partial charge in [0.25, 0.3) is 0 Å². The van der Waals surface area contributed by atoms with Crippen LogP contribution in [0.15, 0.2) is 0 Å². The minimum absolute atomic E-state index is 0.570. The van der Waals surface area contributed by atoms with Crippen LogP contribution in [0.25, 0.3) is 0 Å². The first-order valence-corrected chi connectivity index (χ1v) is 11.2. The Kier molecular flexibility index (Phi) is 7.22. The maximum atomic E-state index is 13.6. The topological polar surface area (TPSA) is 158 Å². The number of carbonyl (C=O) groups excluding carboxylic acids is 3. The summed E-state index contributed by atoms with van der Waals surface area (Å²) in [5.41, 5.74) is -9.98. The molecule has 0 radical (unpaired) electrons. The minimum atomic E-state index is -3.36. The Morgan fingerprint density at radius 2 is 1.31 bits per heavy atom. The molecule has 2 aliphatic heterocycles. The largest absolute Gasteiger partial charge is 0.458 e. The van der Waals surface area contributed by atoms with E-state index in [1.54, 1.807) is 0 Å². The molecule has 2 aliphatic rings. The zero-order valence-corrected chi connectivity index (χ0v) is 21.6. The SMILES string of the molecule is C#CCC12OC(C(=O)OC(C)(C)C)C(O)(C(=O)OC(C)(C)C)C(C(=O)OC(C)(C)C)(O1)[C@H](O)[C@H]2O. The molecule has 0 spiro atoms. The van der Waals surface area contributed by atoms with Gasteiger partial charge in [-0.1, -0.05) is 0 Å². The van der Waals surface area contributed by atoms with Crippen LogP contribution in [0.3, 0.4) is 0 Å². The number of hydrogen-bond donors (Lipinski definition) is 3. The lowest BCUT2D eigenvalue weighted by Gasteiger charge is -2.50. The quantitative estimate of drug-likeness (QED) is 0.278. The summed E-state index contributed by atoms with van der Waals surface area (Å²) in [6, 6.07) is 0. The Labute approximate surface area is 205 Å². The molecule has 11 heteroatoms. The fraction of sp³-hybridized carbons (Fsp3) is 0.792. The lowest BCUT2D eigenvalue weighted by atomic mass is 9.74. The second kappa shape index (κ2) is 8.71. The minimum Gasteiger partial charge on any atom is -0.458 e. The average molecular weight is 501 g/mol. The Hall–Kier alpha value is -2.23. The lowest BCUT2D eigenvalue weighted by Crippen LogP contribution is -2.79. The van der Waals surface area contributed by atoms with Gasteiger partial charge in [-0.2, -0.15) is 0 Å². The van der Waals surface area contributed by atoms with Crippen molar-refractivity contribution in [3.63, 3.8) is 0 Å². The molecule has 2 heterocycles. The molecule has 2 fully saturated rings. The van der Waals surface area contributed by atoms with E-state index in [1.807, 2.05) is 0 Å². The van der Waals surface area contributed by atoms with Crippen LogP contribution in [-0.2, 0) is 38.1 Å². The molecule has 2 saturated heterocycles. The van der Waals surface area contributed by atoms with Crippen molar-refractivity contribution in [2.75, 3.05) is 0 Å². The van der Waals surface area contributed by atoms with E-state index >= 15 is 0 Å². The molecule has 2 bridgehead atoms. The summed E-state index contributed by atoms with van der Waals surface area (Å²) < 4.78 is 27.4. The lowest BCUT2D eigenvalue weighted by molar-refractivity contribution is -0.375. The van der Waals surface area contributed by atoms with Gasteiger partial charge in [-0.3, -0.25) is 0 Å². The van der Waals surface area contributed by atoms with Crippen LogP contribution < -0.4 is 0 Å². The van der Waals surface area contributed by atoms with E-state index in [1.165, 1.54) is 62.3 Å². The highest BCUT2D eigenvalue weighted by atomic mass is 16.8. The fourth-order valence-electron chi connectivity index (χ4n) is 3.92. The number of rotatable bonds is 4. The zero-order chi connectivity index (χ0) is 27.4. The third kappa shape index (κ3) is 5.04. The first-order chi connectivity index (χ1) is 15.6. The maximum absolute atomic E-state index is 13.6. The van der Waals surface area contributed by atoms with Crippen LogP contribution in [0.1, 0.15) is 68.7 Å². The Balaban J connectivity index is 2.88. The number of aliphatic hydroxyl groups is 3. The molecule has 2 rings (SSSR count). The number of hydrogen-bond acceptors (Lipinski definition) is 11. The summed E-state index contributed by atoms with van der Waals surface area (Å²) in [5, 5.41) is 34.0. The monoisotopic (exact) mass is 500 g/mol. The van der Waals surface area contributed by atoms with E-state index in [9.17, 15) is 29.7 Å². The predicted octanol–water partition coefficient (Wildman–Crippen LogP) is 0.352. The van der Waals surface area contributed by atoms with Crippen molar-refractivity contribution < 1.29 is 53.4 Å². The molecule has 35 heavy (non-hydrogen) atoms. The van der Waals surface area contributed by atoms with Crippen LogP contribution >= 0.6 is 0 Å². The van der Waals surface area contributed by atoms with Crippen LogP contribution in [-0.4, -0.2) is 85.3 Å². The van der Waals surface area contributed by atoms with Crippen molar-refractivity contribution in [1.29, 1.82) is 0 Å². The highest BCUT2D eigenvalue weighted by molar-refractivity contribution is 5.99. The second-order valence-electron chi connectivity index (χ2n) is 11.7. The number of esters is 3. The summed E-state index contributed by atoms with van der Waals surface area (Å²) >= 11 is 0. The molecule has 0 aromatic heterocycles. The van der Waals surface area contributed by atoms with Crippen LogP contribution in [0.4, 0.5) is 0 Å². The standard InChI is InChI=1S/C24H36O11/c1-11-12-22-13(25)14(26)24(35-22,18(29)34-21(8,9)10)23(30,17(28)33-20(5,6)7)15(31-22)16(27)32-19(2,3)4/h1,13-15,25-26,30H,12H2,2-10H3/t13-,14-,15?,22?,23?,24?/m1/s1. The maximum Gasteiger partial charge on any atom is 0.346 e. The van der Waals surface area contributed by atoms with E-state index in [0.29, 0.717) is 0 Å². The number of terminal acetylenes is 1. The Morgan fingerprint density at radius 1 is 0.857 bits per heavy atom. The normalized spacial score (nSPS) is 35.1. The Morgan fingerprint density at radius 3 is 1.74 bits per heavy atom. The van der Waals surface area contributed by atoms with E-state index in [0.717, 1.165) is 0 Å². The third-order valence-electron chi connectivity index (χ3n) is 5.14. The molecule has 3 N–H and O–H groups in total. The number of ether oxygens (including phenoxy) is 5. The van der Waals surface area contributed by atoms with E-state index in [4.69, 9.17) is 30.1 Å².